The van der Waals surface area contributed by atoms with E-state index in [9.17, 15) is 23.1 Å². The molecule has 0 amide bonds. The Morgan fingerprint density at radius 1 is 1.55 bits per heavy atom. The van der Waals surface area contributed by atoms with Crippen molar-refractivity contribution in [3.63, 3.8) is 0 Å². The molecule has 0 spiro atoms. The van der Waals surface area contributed by atoms with Crippen LogP contribution in [0.4, 0.5) is 13.2 Å². The lowest BCUT2D eigenvalue weighted by atomic mass is 9.89. The molecule has 0 radical (unpaired) electrons. The second-order valence-corrected chi connectivity index (χ2v) is 6.53. The molecular weight excluding hydrogens is 293 g/mol. The van der Waals surface area contributed by atoms with Gasteiger partial charge in [-0.1, -0.05) is 11.8 Å². The van der Waals surface area contributed by atoms with Crippen LogP contribution in [0.5, 0.6) is 0 Å². The molecule has 0 bridgehead atoms. The summed E-state index contributed by atoms with van der Waals surface area (Å²) in [5.74, 6) is -0.234. The summed E-state index contributed by atoms with van der Waals surface area (Å²) in [5.41, 5.74) is -0.494. The molecule has 1 aromatic rings. The van der Waals surface area contributed by atoms with Gasteiger partial charge in [0.25, 0.3) is 5.56 Å². The molecule has 1 N–H and O–H groups in total. The van der Waals surface area contributed by atoms with Crippen LogP contribution >= 0.6 is 11.8 Å². The first-order valence-corrected chi connectivity index (χ1v) is 7.12. The minimum absolute atomic E-state index is 0.0348. The van der Waals surface area contributed by atoms with E-state index < -0.39 is 28.6 Å². The first-order valence-electron chi connectivity index (χ1n) is 6.30. The van der Waals surface area contributed by atoms with Crippen LogP contribution in [-0.2, 0) is 0 Å². The lowest BCUT2D eigenvalue weighted by molar-refractivity contribution is -0.192. The Morgan fingerprint density at radius 2 is 2.20 bits per heavy atom. The molecule has 0 saturated heterocycles. The Kier molecular flexibility index (Phi) is 2.95. The van der Waals surface area contributed by atoms with Crippen molar-refractivity contribution in [1.82, 2.24) is 9.55 Å². The minimum Gasteiger partial charge on any atom is -0.392 e. The predicted molar refractivity (Wildman–Crippen MR) is 66.6 cm³/mol. The third-order valence-corrected chi connectivity index (χ3v) is 5.59. The molecule has 1 aliphatic carbocycles. The Balaban J connectivity index is 2.23. The minimum atomic E-state index is -4.63. The molecule has 2 aliphatic rings. The molecule has 2 heterocycles. The number of aliphatic hydroxyl groups is 1. The van der Waals surface area contributed by atoms with Crippen molar-refractivity contribution in [3.05, 3.63) is 22.6 Å². The van der Waals surface area contributed by atoms with Gasteiger partial charge in [-0.15, -0.1) is 0 Å². The highest BCUT2D eigenvalue weighted by Crippen LogP contribution is 2.63. The van der Waals surface area contributed by atoms with Gasteiger partial charge < -0.3 is 5.11 Å². The molecular formula is C12H13F3N2O2S. The number of rotatable bonds is 2. The average molecular weight is 306 g/mol. The van der Waals surface area contributed by atoms with Gasteiger partial charge in [0.05, 0.1) is 12.1 Å². The topological polar surface area (TPSA) is 55.1 Å². The van der Waals surface area contributed by atoms with Crippen LogP contribution in [0, 0.1) is 5.92 Å². The van der Waals surface area contributed by atoms with Crippen LogP contribution in [0.15, 0.2) is 22.2 Å². The maximum absolute atomic E-state index is 13.7. The van der Waals surface area contributed by atoms with Crippen molar-refractivity contribution < 1.29 is 18.3 Å². The summed E-state index contributed by atoms with van der Waals surface area (Å²) in [7, 11) is 0. The van der Waals surface area contributed by atoms with E-state index >= 15 is 0 Å². The van der Waals surface area contributed by atoms with Crippen molar-refractivity contribution in [2.24, 2.45) is 5.92 Å². The third kappa shape index (κ3) is 1.74. The van der Waals surface area contributed by atoms with E-state index in [0.29, 0.717) is 24.6 Å². The van der Waals surface area contributed by atoms with Gasteiger partial charge in [-0.05, 0) is 25.7 Å². The Bertz CT molecular complexity index is 597. The number of aromatic nitrogens is 2. The highest BCUT2D eigenvalue weighted by atomic mass is 32.2. The Labute approximate surface area is 117 Å². The van der Waals surface area contributed by atoms with Crippen molar-refractivity contribution in [1.29, 1.82) is 0 Å². The zero-order valence-electron chi connectivity index (χ0n) is 10.6. The average Bonchev–Trinajstić information content (AvgIpc) is 3.08. The molecule has 0 aromatic carbocycles. The summed E-state index contributed by atoms with van der Waals surface area (Å²) in [6.45, 7) is 1.13. The fourth-order valence-corrected chi connectivity index (χ4v) is 4.33. The van der Waals surface area contributed by atoms with Crippen molar-refractivity contribution in [2.45, 2.75) is 48.0 Å². The standard InChI is InChI=1S/C12H13F3N2O2S/c1-6(18)11(12(13,14)15)9(7-2-3-7)17-8(19)4-5-16-10(17)20-11/h4-7,9,18H,2-3H2,1H3. The Hall–Kier alpha value is -1.02. The molecule has 20 heavy (non-hydrogen) atoms. The summed E-state index contributed by atoms with van der Waals surface area (Å²) < 4.78 is 39.8. The smallest absolute Gasteiger partial charge is 0.392 e. The number of nitrogens with zero attached hydrogens (tertiary/aromatic N) is 2. The lowest BCUT2D eigenvalue weighted by Gasteiger charge is -2.38. The van der Waals surface area contributed by atoms with Crippen molar-refractivity contribution >= 4 is 11.8 Å². The van der Waals surface area contributed by atoms with Gasteiger partial charge in [0.15, 0.2) is 9.90 Å². The molecule has 3 rings (SSSR count). The van der Waals surface area contributed by atoms with E-state index in [1.165, 1.54) is 6.20 Å². The van der Waals surface area contributed by atoms with Crippen molar-refractivity contribution in [2.75, 3.05) is 0 Å². The highest BCUT2D eigenvalue weighted by molar-refractivity contribution is 8.00. The van der Waals surface area contributed by atoms with E-state index in [1.807, 2.05) is 0 Å². The van der Waals surface area contributed by atoms with E-state index in [0.717, 1.165) is 17.6 Å². The molecule has 110 valence electrons. The second kappa shape index (κ2) is 4.24. The maximum Gasteiger partial charge on any atom is 0.408 e. The van der Waals surface area contributed by atoms with Gasteiger partial charge in [-0.2, -0.15) is 13.2 Å². The van der Waals surface area contributed by atoms with Gasteiger partial charge in [-0.25, -0.2) is 4.98 Å². The van der Waals surface area contributed by atoms with Crippen LogP contribution < -0.4 is 5.56 Å². The number of halogens is 3. The van der Waals surface area contributed by atoms with Crippen LogP contribution in [0.2, 0.25) is 0 Å². The molecule has 1 aliphatic heterocycles. The number of alkyl halides is 3. The van der Waals surface area contributed by atoms with Crippen LogP contribution in [0.25, 0.3) is 0 Å². The molecule has 3 unspecified atom stereocenters. The normalized spacial score (nSPS) is 31.1. The molecule has 4 nitrogen and oxygen atoms in total. The molecule has 1 aromatic heterocycles. The van der Waals surface area contributed by atoms with E-state index in [2.05, 4.69) is 4.98 Å². The van der Waals surface area contributed by atoms with Crippen molar-refractivity contribution in [3.8, 4) is 0 Å². The van der Waals surface area contributed by atoms with Gasteiger partial charge in [0, 0.05) is 12.3 Å². The highest BCUT2D eigenvalue weighted by Gasteiger charge is 2.70. The Morgan fingerprint density at radius 3 is 2.70 bits per heavy atom. The van der Waals surface area contributed by atoms with Crippen LogP contribution in [0.3, 0.4) is 0 Å². The zero-order chi connectivity index (χ0) is 14.7. The van der Waals surface area contributed by atoms with Gasteiger partial charge in [0.1, 0.15) is 0 Å². The summed E-state index contributed by atoms with van der Waals surface area (Å²) >= 11 is 0.466. The SMILES string of the molecule is CC(O)C1(C(F)(F)F)Sc2nccc(=O)n2C1C1CC1. The number of hydrogen-bond donors (Lipinski definition) is 1. The number of thioether (sulfide) groups is 1. The van der Waals surface area contributed by atoms with Crippen LogP contribution in [-0.4, -0.2) is 31.7 Å². The molecule has 1 saturated carbocycles. The van der Waals surface area contributed by atoms with Crippen LogP contribution in [0.1, 0.15) is 25.8 Å². The molecule has 8 heteroatoms. The summed E-state index contributed by atoms with van der Waals surface area (Å²) in [4.78, 5) is 15.8. The first kappa shape index (κ1) is 13.9. The fourth-order valence-electron chi connectivity index (χ4n) is 2.90. The predicted octanol–water partition coefficient (Wildman–Crippen LogP) is 1.98. The zero-order valence-corrected chi connectivity index (χ0v) is 11.4. The maximum atomic E-state index is 13.7. The summed E-state index contributed by atoms with van der Waals surface area (Å²) in [6.07, 6.45) is -3.77. The van der Waals surface area contributed by atoms with E-state index in [1.54, 1.807) is 0 Å². The van der Waals surface area contributed by atoms with E-state index in [-0.39, 0.29) is 11.1 Å². The molecule has 1 fully saturated rings. The second-order valence-electron chi connectivity index (χ2n) is 5.29. The lowest BCUT2D eigenvalue weighted by Crippen LogP contribution is -2.55. The summed E-state index contributed by atoms with van der Waals surface area (Å²) in [6, 6.07) is 0.0807. The first-order chi connectivity index (χ1) is 9.29. The number of aliphatic hydroxyl groups excluding tert-OH is 1. The number of fused-ring (bicyclic) bond motifs is 1. The van der Waals surface area contributed by atoms with Gasteiger partial charge in [-0.3, -0.25) is 9.36 Å². The third-order valence-electron chi connectivity index (χ3n) is 3.96. The van der Waals surface area contributed by atoms with Gasteiger partial charge in [0.2, 0.25) is 0 Å². The summed E-state index contributed by atoms with van der Waals surface area (Å²) in [5, 5.41) is 9.90. The van der Waals surface area contributed by atoms with Gasteiger partial charge >= 0.3 is 6.18 Å². The molecule has 3 atom stereocenters. The van der Waals surface area contributed by atoms with E-state index in [4.69, 9.17) is 0 Å². The fraction of sp³-hybridized carbons (Fsp3) is 0.667. The monoisotopic (exact) mass is 306 g/mol. The quantitative estimate of drug-likeness (QED) is 0.849. The number of hydrogen-bond acceptors (Lipinski definition) is 4. The largest absolute Gasteiger partial charge is 0.408 e.